The van der Waals surface area contributed by atoms with E-state index >= 15 is 0 Å². The molecular weight excluding hydrogens is 380 g/mol. The summed E-state index contributed by atoms with van der Waals surface area (Å²) in [6.07, 6.45) is 0. The Morgan fingerprint density at radius 3 is 2.57 bits per heavy atom. The van der Waals surface area contributed by atoms with E-state index in [1.165, 1.54) is 23.4 Å². The van der Waals surface area contributed by atoms with Crippen LogP contribution in [0.5, 0.6) is 0 Å². The number of thioether (sulfide) groups is 1. The van der Waals surface area contributed by atoms with Crippen molar-refractivity contribution in [2.24, 2.45) is 21.1 Å². The predicted molar refractivity (Wildman–Crippen MR) is 94.9 cm³/mol. The van der Waals surface area contributed by atoms with Crippen LogP contribution in [0.15, 0.2) is 43.5 Å². The highest BCUT2D eigenvalue weighted by Crippen LogP contribution is 2.25. The minimum atomic E-state index is -0.371. The van der Waals surface area contributed by atoms with Crippen LogP contribution in [0, 0.1) is 0 Å². The third-order valence-electron chi connectivity index (χ3n) is 3.69. The number of fused-ring (bicyclic) bond motifs is 1. The number of benzene rings is 1. The fourth-order valence-electron chi connectivity index (χ4n) is 2.40. The fraction of sp³-hybridized carbons (Fsp3) is 0.267. The van der Waals surface area contributed by atoms with Gasteiger partial charge in [0.15, 0.2) is 16.3 Å². The Labute approximate surface area is 144 Å². The van der Waals surface area contributed by atoms with Crippen LogP contribution < -0.4 is 11.2 Å². The van der Waals surface area contributed by atoms with Gasteiger partial charge >= 0.3 is 5.69 Å². The molecule has 0 spiro atoms. The van der Waals surface area contributed by atoms with Crippen LogP contribution in [0.1, 0.15) is 5.56 Å². The van der Waals surface area contributed by atoms with Gasteiger partial charge in [-0.25, -0.2) is 9.78 Å². The van der Waals surface area contributed by atoms with Crippen molar-refractivity contribution in [3.8, 4) is 0 Å². The molecule has 0 aliphatic carbocycles. The number of hydrogen-bond acceptors (Lipinski definition) is 4. The number of imidazole rings is 1. The van der Waals surface area contributed by atoms with Crippen molar-refractivity contribution in [2.45, 2.75) is 10.9 Å². The number of nitrogens with zero attached hydrogens (tertiary/aromatic N) is 4. The summed E-state index contributed by atoms with van der Waals surface area (Å²) in [6.45, 7) is 0. The molecule has 23 heavy (non-hydrogen) atoms. The van der Waals surface area contributed by atoms with Crippen LogP contribution >= 0.6 is 27.7 Å². The summed E-state index contributed by atoms with van der Waals surface area (Å²) >= 11 is 4.98. The maximum atomic E-state index is 12.3. The molecule has 0 saturated heterocycles. The summed E-state index contributed by atoms with van der Waals surface area (Å²) in [5.41, 5.74) is 1.30. The smallest absolute Gasteiger partial charge is 0.316 e. The van der Waals surface area contributed by atoms with E-state index in [1.807, 2.05) is 24.3 Å². The summed E-state index contributed by atoms with van der Waals surface area (Å²) in [5.74, 6) is 0.727. The first-order valence-electron chi connectivity index (χ1n) is 6.90. The zero-order chi connectivity index (χ0) is 16.7. The average molecular weight is 395 g/mol. The van der Waals surface area contributed by atoms with Crippen LogP contribution in [-0.4, -0.2) is 18.7 Å². The van der Waals surface area contributed by atoms with Gasteiger partial charge in [0.1, 0.15) is 0 Å². The Bertz CT molecular complexity index is 1020. The normalized spacial score (nSPS) is 11.3. The second kappa shape index (κ2) is 6.01. The molecule has 0 radical (unpaired) electrons. The maximum Gasteiger partial charge on any atom is 0.332 e. The first-order valence-corrected chi connectivity index (χ1v) is 8.67. The Morgan fingerprint density at radius 1 is 1.13 bits per heavy atom. The highest BCUT2D eigenvalue weighted by Gasteiger charge is 2.17. The summed E-state index contributed by atoms with van der Waals surface area (Å²) in [4.78, 5) is 28.8. The zero-order valence-corrected chi connectivity index (χ0v) is 15.3. The number of aryl methyl sites for hydroxylation is 2. The van der Waals surface area contributed by atoms with Crippen molar-refractivity contribution in [1.29, 1.82) is 0 Å². The van der Waals surface area contributed by atoms with E-state index in [9.17, 15) is 9.59 Å². The first-order chi connectivity index (χ1) is 10.9. The average Bonchev–Trinajstić information content (AvgIpc) is 2.86. The SMILES string of the molecule is Cn1c(=O)c2c(nc(SCc3cccc(Br)c3)n2C)n(C)c1=O. The van der Waals surface area contributed by atoms with Crippen LogP contribution in [0.4, 0.5) is 0 Å². The lowest BCUT2D eigenvalue weighted by molar-refractivity contribution is 0.705. The summed E-state index contributed by atoms with van der Waals surface area (Å²) in [6, 6.07) is 8.04. The maximum absolute atomic E-state index is 12.3. The van der Waals surface area contributed by atoms with Crippen molar-refractivity contribution < 1.29 is 0 Å². The monoisotopic (exact) mass is 394 g/mol. The standard InChI is InChI=1S/C15H15BrN4O2S/c1-18-11-12(19(2)15(22)20(3)13(11)21)17-14(18)23-8-9-5-4-6-10(16)7-9/h4-7H,8H2,1-3H3. The minimum absolute atomic E-state index is 0.326. The van der Waals surface area contributed by atoms with Gasteiger partial charge < -0.3 is 4.57 Å². The number of halogens is 1. The summed E-state index contributed by atoms with van der Waals surface area (Å²) in [5, 5.41) is 0.707. The highest BCUT2D eigenvalue weighted by atomic mass is 79.9. The van der Waals surface area contributed by atoms with Crippen molar-refractivity contribution in [3.05, 3.63) is 55.1 Å². The van der Waals surface area contributed by atoms with Gasteiger partial charge in [0, 0.05) is 31.4 Å². The topological polar surface area (TPSA) is 61.8 Å². The molecule has 120 valence electrons. The van der Waals surface area contributed by atoms with Gasteiger partial charge in [-0.2, -0.15) is 0 Å². The lowest BCUT2D eigenvalue weighted by Crippen LogP contribution is -2.37. The van der Waals surface area contributed by atoms with Crippen molar-refractivity contribution in [3.63, 3.8) is 0 Å². The molecule has 2 heterocycles. The van der Waals surface area contributed by atoms with Gasteiger partial charge in [-0.1, -0.05) is 39.8 Å². The number of aromatic nitrogens is 4. The van der Waals surface area contributed by atoms with E-state index < -0.39 is 0 Å². The van der Waals surface area contributed by atoms with E-state index in [0.717, 1.165) is 20.4 Å². The Morgan fingerprint density at radius 2 is 1.87 bits per heavy atom. The number of hydrogen-bond donors (Lipinski definition) is 0. The van der Waals surface area contributed by atoms with Gasteiger partial charge in [-0.05, 0) is 17.7 Å². The molecule has 0 unspecified atom stereocenters. The van der Waals surface area contributed by atoms with Gasteiger partial charge in [-0.3, -0.25) is 13.9 Å². The van der Waals surface area contributed by atoms with Crippen molar-refractivity contribution in [1.82, 2.24) is 18.7 Å². The van der Waals surface area contributed by atoms with Crippen LogP contribution in [0.25, 0.3) is 11.2 Å². The second-order valence-corrected chi connectivity index (χ2v) is 7.11. The molecule has 8 heteroatoms. The minimum Gasteiger partial charge on any atom is -0.316 e. The quantitative estimate of drug-likeness (QED) is 0.637. The Kier molecular flexibility index (Phi) is 4.20. The molecule has 1 aromatic carbocycles. The molecule has 0 amide bonds. The molecular formula is C15H15BrN4O2S. The number of rotatable bonds is 3. The lowest BCUT2D eigenvalue weighted by atomic mass is 10.2. The lowest BCUT2D eigenvalue weighted by Gasteiger charge is -2.04. The molecule has 3 aromatic rings. The molecule has 0 N–H and O–H groups in total. The summed E-state index contributed by atoms with van der Waals surface area (Å²) < 4.78 is 5.28. The molecule has 0 atom stereocenters. The van der Waals surface area contributed by atoms with Gasteiger partial charge in [-0.15, -0.1) is 0 Å². The first kappa shape index (κ1) is 16.1. The van der Waals surface area contributed by atoms with E-state index in [-0.39, 0.29) is 11.2 Å². The molecule has 0 bridgehead atoms. The predicted octanol–water partition coefficient (Wildman–Crippen LogP) is 2.03. The molecule has 0 fully saturated rings. The third-order valence-corrected chi connectivity index (χ3v) is 5.29. The van der Waals surface area contributed by atoms with Crippen LogP contribution in [-0.2, 0) is 26.9 Å². The Hall–Kier alpha value is -1.80. The van der Waals surface area contributed by atoms with E-state index in [0.29, 0.717) is 16.3 Å². The third kappa shape index (κ3) is 2.76. The highest BCUT2D eigenvalue weighted by molar-refractivity contribution is 9.10. The van der Waals surface area contributed by atoms with Gasteiger partial charge in [0.25, 0.3) is 5.56 Å². The molecule has 2 aromatic heterocycles. The Balaban J connectivity index is 2.04. The molecule has 3 rings (SSSR count). The fourth-order valence-corrected chi connectivity index (χ4v) is 3.76. The molecule has 0 saturated carbocycles. The van der Waals surface area contributed by atoms with Crippen LogP contribution in [0.3, 0.4) is 0 Å². The summed E-state index contributed by atoms with van der Waals surface area (Å²) in [7, 11) is 4.90. The van der Waals surface area contributed by atoms with Gasteiger partial charge in [0.05, 0.1) is 0 Å². The van der Waals surface area contributed by atoms with Gasteiger partial charge in [0.2, 0.25) is 0 Å². The van der Waals surface area contributed by atoms with Crippen molar-refractivity contribution in [2.75, 3.05) is 0 Å². The molecule has 0 aliphatic rings. The van der Waals surface area contributed by atoms with E-state index in [1.54, 1.807) is 18.7 Å². The van der Waals surface area contributed by atoms with Crippen LogP contribution in [0.2, 0.25) is 0 Å². The second-order valence-electron chi connectivity index (χ2n) is 5.25. The largest absolute Gasteiger partial charge is 0.332 e. The van der Waals surface area contributed by atoms with Crippen molar-refractivity contribution >= 4 is 38.9 Å². The molecule has 6 nitrogen and oxygen atoms in total. The zero-order valence-electron chi connectivity index (χ0n) is 12.9. The van der Waals surface area contributed by atoms with E-state index in [4.69, 9.17) is 0 Å². The van der Waals surface area contributed by atoms with E-state index in [2.05, 4.69) is 20.9 Å². The molecule has 0 aliphatic heterocycles.